The standard InChI is InChI=1S/C20H20N2OS/c1-14(2)18(22-19(23)16-11-7-4-8-12-16)20-21-17(13-24-20)15-9-5-3-6-10-15/h3-14,18H,1-2H3,(H,22,23)/t18-/m1/s1. The van der Waals surface area contributed by atoms with Crippen molar-refractivity contribution in [1.29, 1.82) is 0 Å². The van der Waals surface area contributed by atoms with Crippen LogP contribution in [0, 0.1) is 5.92 Å². The minimum Gasteiger partial charge on any atom is -0.343 e. The van der Waals surface area contributed by atoms with Gasteiger partial charge in [-0.1, -0.05) is 62.4 Å². The number of benzene rings is 2. The van der Waals surface area contributed by atoms with Gasteiger partial charge in [-0.2, -0.15) is 0 Å². The zero-order valence-corrected chi connectivity index (χ0v) is 14.6. The molecule has 0 fully saturated rings. The summed E-state index contributed by atoms with van der Waals surface area (Å²) in [6.45, 7) is 4.19. The van der Waals surface area contributed by atoms with Gasteiger partial charge in [-0.25, -0.2) is 4.98 Å². The highest BCUT2D eigenvalue weighted by Crippen LogP contribution is 2.29. The average molecular weight is 336 g/mol. The van der Waals surface area contributed by atoms with Crippen LogP contribution >= 0.6 is 11.3 Å². The Balaban J connectivity index is 1.82. The Bertz CT molecular complexity index is 797. The molecule has 0 unspecified atom stereocenters. The molecule has 4 heteroatoms. The summed E-state index contributed by atoms with van der Waals surface area (Å²) in [6.07, 6.45) is 0. The lowest BCUT2D eigenvalue weighted by Gasteiger charge is -2.20. The molecule has 3 rings (SSSR count). The Hall–Kier alpha value is -2.46. The maximum absolute atomic E-state index is 12.5. The lowest BCUT2D eigenvalue weighted by atomic mass is 10.0. The van der Waals surface area contributed by atoms with Crippen LogP contribution in [0.4, 0.5) is 0 Å². The van der Waals surface area contributed by atoms with Crippen LogP contribution in [0.1, 0.15) is 35.3 Å². The second-order valence-corrected chi connectivity index (χ2v) is 6.89. The van der Waals surface area contributed by atoms with Crippen LogP contribution in [-0.4, -0.2) is 10.9 Å². The summed E-state index contributed by atoms with van der Waals surface area (Å²) in [7, 11) is 0. The lowest BCUT2D eigenvalue weighted by molar-refractivity contribution is 0.0925. The van der Waals surface area contributed by atoms with E-state index in [1.54, 1.807) is 11.3 Å². The highest BCUT2D eigenvalue weighted by Gasteiger charge is 2.22. The fourth-order valence-electron chi connectivity index (χ4n) is 2.50. The number of hydrogen-bond donors (Lipinski definition) is 1. The van der Waals surface area contributed by atoms with Crippen LogP contribution in [0.2, 0.25) is 0 Å². The number of aromatic nitrogens is 1. The molecule has 1 atom stereocenters. The van der Waals surface area contributed by atoms with E-state index in [9.17, 15) is 4.79 Å². The van der Waals surface area contributed by atoms with Crippen molar-refractivity contribution < 1.29 is 4.79 Å². The number of rotatable bonds is 5. The number of nitrogens with one attached hydrogen (secondary N) is 1. The highest BCUT2D eigenvalue weighted by molar-refractivity contribution is 7.10. The van der Waals surface area contributed by atoms with E-state index in [0.717, 1.165) is 16.3 Å². The number of hydrogen-bond acceptors (Lipinski definition) is 3. The second kappa shape index (κ2) is 7.41. The Morgan fingerprint density at radius 2 is 1.62 bits per heavy atom. The van der Waals surface area contributed by atoms with Crippen molar-refractivity contribution in [1.82, 2.24) is 10.3 Å². The van der Waals surface area contributed by atoms with Crippen molar-refractivity contribution in [3.8, 4) is 11.3 Å². The van der Waals surface area contributed by atoms with Crippen molar-refractivity contribution in [3.63, 3.8) is 0 Å². The maximum atomic E-state index is 12.5. The van der Waals surface area contributed by atoms with E-state index in [0.29, 0.717) is 5.56 Å². The van der Waals surface area contributed by atoms with Crippen LogP contribution in [0.3, 0.4) is 0 Å². The second-order valence-electron chi connectivity index (χ2n) is 6.00. The largest absolute Gasteiger partial charge is 0.343 e. The molecule has 1 heterocycles. The van der Waals surface area contributed by atoms with Crippen molar-refractivity contribution in [3.05, 3.63) is 76.6 Å². The molecule has 2 aromatic carbocycles. The first-order chi connectivity index (χ1) is 11.6. The Morgan fingerprint density at radius 1 is 1.00 bits per heavy atom. The molecule has 122 valence electrons. The van der Waals surface area contributed by atoms with Crippen LogP contribution in [0.5, 0.6) is 0 Å². The van der Waals surface area contributed by atoms with Crippen molar-refractivity contribution in [2.24, 2.45) is 5.92 Å². The third-order valence-corrected chi connectivity index (χ3v) is 4.77. The number of nitrogens with zero attached hydrogens (tertiary/aromatic N) is 1. The molecule has 0 saturated carbocycles. The van der Waals surface area contributed by atoms with Gasteiger partial charge in [0.1, 0.15) is 5.01 Å². The fraction of sp³-hybridized carbons (Fsp3) is 0.200. The summed E-state index contributed by atoms with van der Waals surface area (Å²) >= 11 is 1.59. The van der Waals surface area contributed by atoms with E-state index in [1.165, 1.54) is 0 Å². The van der Waals surface area contributed by atoms with Gasteiger partial charge >= 0.3 is 0 Å². The third-order valence-electron chi connectivity index (χ3n) is 3.85. The molecule has 24 heavy (non-hydrogen) atoms. The minimum atomic E-state index is -0.0971. The molecular weight excluding hydrogens is 316 g/mol. The van der Waals surface area contributed by atoms with Crippen molar-refractivity contribution in [2.75, 3.05) is 0 Å². The molecule has 0 saturated heterocycles. The summed E-state index contributed by atoms with van der Waals surface area (Å²) in [6, 6.07) is 19.3. The van der Waals surface area contributed by atoms with E-state index in [-0.39, 0.29) is 17.9 Å². The number of carbonyl (C=O) groups excluding carboxylic acids is 1. The zero-order chi connectivity index (χ0) is 16.9. The highest BCUT2D eigenvalue weighted by atomic mass is 32.1. The zero-order valence-electron chi connectivity index (χ0n) is 13.8. The molecule has 0 radical (unpaired) electrons. The van der Waals surface area contributed by atoms with Crippen molar-refractivity contribution in [2.45, 2.75) is 19.9 Å². The van der Waals surface area contributed by atoms with Gasteiger partial charge in [0.2, 0.25) is 0 Å². The molecule has 3 aromatic rings. The van der Waals surface area contributed by atoms with Crippen LogP contribution in [0.25, 0.3) is 11.3 Å². The molecular formula is C20H20N2OS. The smallest absolute Gasteiger partial charge is 0.251 e. The topological polar surface area (TPSA) is 42.0 Å². The summed E-state index contributed by atoms with van der Waals surface area (Å²) < 4.78 is 0. The predicted octanol–water partition coefficient (Wildman–Crippen LogP) is 4.94. The average Bonchev–Trinajstić information content (AvgIpc) is 3.10. The van der Waals surface area contributed by atoms with Gasteiger partial charge in [-0.05, 0) is 18.1 Å². The number of carbonyl (C=O) groups is 1. The third kappa shape index (κ3) is 3.71. The summed E-state index contributed by atoms with van der Waals surface area (Å²) in [5.41, 5.74) is 2.72. The molecule has 0 aliphatic rings. The van der Waals surface area contributed by atoms with Crippen LogP contribution in [0.15, 0.2) is 66.0 Å². The van der Waals surface area contributed by atoms with E-state index in [4.69, 9.17) is 4.98 Å². The first-order valence-electron chi connectivity index (χ1n) is 8.02. The SMILES string of the molecule is CC(C)[C@@H](NC(=O)c1ccccc1)c1nc(-c2ccccc2)cs1. The Kier molecular flexibility index (Phi) is 5.06. The van der Waals surface area contributed by atoms with Gasteiger partial charge in [0.15, 0.2) is 0 Å². The molecule has 1 aromatic heterocycles. The number of amides is 1. The van der Waals surface area contributed by atoms with Gasteiger partial charge in [0, 0.05) is 16.5 Å². The first-order valence-corrected chi connectivity index (χ1v) is 8.90. The van der Waals surface area contributed by atoms with E-state index < -0.39 is 0 Å². The van der Waals surface area contributed by atoms with Gasteiger partial charge in [-0.15, -0.1) is 11.3 Å². The Morgan fingerprint density at radius 3 is 2.25 bits per heavy atom. The molecule has 0 bridgehead atoms. The van der Waals surface area contributed by atoms with Crippen LogP contribution < -0.4 is 5.32 Å². The predicted molar refractivity (Wildman–Crippen MR) is 99.0 cm³/mol. The number of thiazole rings is 1. The monoisotopic (exact) mass is 336 g/mol. The molecule has 0 aliphatic carbocycles. The lowest BCUT2D eigenvalue weighted by Crippen LogP contribution is -2.31. The quantitative estimate of drug-likeness (QED) is 0.717. The van der Waals surface area contributed by atoms with Gasteiger partial charge < -0.3 is 5.32 Å². The summed E-state index contributed by atoms with van der Waals surface area (Å²) in [4.78, 5) is 17.2. The van der Waals surface area contributed by atoms with E-state index >= 15 is 0 Å². The molecule has 1 amide bonds. The molecule has 0 aliphatic heterocycles. The molecule has 1 N–H and O–H groups in total. The van der Waals surface area contributed by atoms with Crippen LogP contribution in [-0.2, 0) is 0 Å². The van der Waals surface area contributed by atoms with E-state index in [1.807, 2.05) is 60.7 Å². The molecule has 0 spiro atoms. The molecule has 3 nitrogen and oxygen atoms in total. The summed E-state index contributed by atoms with van der Waals surface area (Å²) in [5, 5.41) is 6.11. The van der Waals surface area contributed by atoms with E-state index in [2.05, 4.69) is 24.5 Å². The van der Waals surface area contributed by atoms with Gasteiger partial charge in [0.05, 0.1) is 11.7 Å². The van der Waals surface area contributed by atoms with Gasteiger partial charge in [0.25, 0.3) is 5.91 Å². The first kappa shape index (κ1) is 16.4. The van der Waals surface area contributed by atoms with Gasteiger partial charge in [-0.3, -0.25) is 4.79 Å². The summed E-state index contributed by atoms with van der Waals surface area (Å²) in [5.74, 6) is 0.193. The fourth-order valence-corrected chi connectivity index (χ4v) is 3.55. The minimum absolute atomic E-state index is 0.0641. The Labute approximate surface area is 146 Å². The maximum Gasteiger partial charge on any atom is 0.251 e. The van der Waals surface area contributed by atoms with Crippen molar-refractivity contribution >= 4 is 17.2 Å². The normalized spacial score (nSPS) is 12.1.